The molecule has 0 atom stereocenters. The maximum atomic E-state index is 13.4. The van der Waals surface area contributed by atoms with E-state index < -0.39 is 12.0 Å². The minimum Gasteiger partial charge on any atom is -0.297 e. The number of quaternary nitrogens is 1. The average molecular weight is 423 g/mol. The zero-order chi connectivity index (χ0) is 19.7. The van der Waals surface area contributed by atoms with E-state index in [1.807, 2.05) is 4.90 Å². The Morgan fingerprint density at radius 3 is 2.04 bits per heavy atom. The number of carbonyl (C=O) groups is 1. The van der Waals surface area contributed by atoms with E-state index in [2.05, 4.69) is 28.7 Å². The minimum absolute atomic E-state index is 0. The number of hydrogen-bond donors (Lipinski definition) is 0. The van der Waals surface area contributed by atoms with Gasteiger partial charge in [-0.1, -0.05) is 0 Å². The number of nitrogens with zero attached hydrogens (tertiary/aromatic N) is 5. The van der Waals surface area contributed by atoms with Gasteiger partial charge in [0.05, 0.1) is 25.5 Å². The van der Waals surface area contributed by atoms with E-state index in [0.29, 0.717) is 37.9 Å². The molecule has 2 saturated heterocycles. The van der Waals surface area contributed by atoms with Crippen LogP contribution in [0.1, 0.15) is 38.9 Å². The van der Waals surface area contributed by atoms with Crippen LogP contribution in [0.25, 0.3) is 0 Å². The molecule has 0 radical (unpaired) electrons. The van der Waals surface area contributed by atoms with Crippen molar-refractivity contribution in [2.24, 2.45) is 0 Å². The van der Waals surface area contributed by atoms with Crippen LogP contribution in [-0.2, 0) is 6.18 Å². The number of piperidine rings is 1. The van der Waals surface area contributed by atoms with Gasteiger partial charge in [0, 0.05) is 32.2 Å². The number of aromatic nitrogens is 2. The summed E-state index contributed by atoms with van der Waals surface area (Å²) in [5.41, 5.74) is 0.457. The lowest BCUT2D eigenvalue weighted by Crippen LogP contribution is -2.65. The van der Waals surface area contributed by atoms with Crippen LogP contribution in [-0.4, -0.2) is 71.1 Å². The van der Waals surface area contributed by atoms with Crippen LogP contribution in [0.5, 0.6) is 0 Å². The standard InChI is InChI=1S/C18H27F3N5O.ClH/c1-14(2)24-6-8-25(9-7-24)17(27)26(10-4-3-5-11-26)15-12-22-16(23-13-15)18(19,20)21;/h12-14H,3-11H2,1-2H3;1H/q+1;. The Balaban J connectivity index is 0.00000280. The van der Waals surface area contributed by atoms with Crippen molar-refractivity contribution in [2.45, 2.75) is 45.3 Å². The molecule has 2 aliphatic heterocycles. The third kappa shape index (κ3) is 4.58. The van der Waals surface area contributed by atoms with Crippen LogP contribution in [0.2, 0.25) is 0 Å². The number of urea groups is 1. The maximum absolute atomic E-state index is 13.4. The first-order valence-electron chi connectivity index (χ1n) is 9.54. The lowest BCUT2D eigenvalue weighted by atomic mass is 10.1. The van der Waals surface area contributed by atoms with Gasteiger partial charge in [0.25, 0.3) is 0 Å². The largest absolute Gasteiger partial charge is 0.451 e. The fraction of sp³-hybridized carbons (Fsp3) is 0.722. The molecule has 0 unspecified atom stereocenters. The summed E-state index contributed by atoms with van der Waals surface area (Å²) in [5, 5.41) is 0. The Bertz CT molecular complexity index is 654. The fourth-order valence-corrected chi connectivity index (χ4v) is 4.00. The number of piperazine rings is 1. The van der Waals surface area contributed by atoms with Gasteiger partial charge in [-0.3, -0.25) is 9.80 Å². The van der Waals surface area contributed by atoms with Gasteiger partial charge in [0.1, 0.15) is 0 Å². The number of rotatable bonds is 2. The number of carbonyl (C=O) groups excluding carboxylic acids is 1. The SMILES string of the molecule is CC(C)N1CCN(C(=O)[N+]2(c3cnc(C(F)(F)F)nc3)CCCCC2)CC1.Cl. The molecule has 0 aliphatic carbocycles. The number of halogens is 4. The van der Waals surface area contributed by atoms with E-state index in [-0.39, 0.29) is 22.9 Å². The third-order valence-electron chi connectivity index (χ3n) is 5.65. The zero-order valence-corrected chi connectivity index (χ0v) is 17.1. The summed E-state index contributed by atoms with van der Waals surface area (Å²) in [6.07, 6.45) is 0.530. The van der Waals surface area contributed by atoms with Crippen LogP contribution < -0.4 is 4.48 Å². The molecule has 158 valence electrons. The summed E-state index contributed by atoms with van der Waals surface area (Å²) < 4.78 is 38.4. The quantitative estimate of drug-likeness (QED) is 0.684. The van der Waals surface area contributed by atoms with Crippen molar-refractivity contribution < 1.29 is 18.0 Å². The van der Waals surface area contributed by atoms with E-state index >= 15 is 0 Å². The molecular weight excluding hydrogens is 395 g/mol. The molecule has 10 heteroatoms. The lowest BCUT2D eigenvalue weighted by molar-refractivity contribution is -0.145. The first kappa shape index (κ1) is 22.8. The van der Waals surface area contributed by atoms with Crippen LogP contribution in [0.15, 0.2) is 12.4 Å². The van der Waals surface area contributed by atoms with Gasteiger partial charge in [-0.25, -0.2) is 19.2 Å². The molecule has 0 spiro atoms. The molecule has 0 bridgehead atoms. The second-order valence-electron chi connectivity index (χ2n) is 7.64. The fourth-order valence-electron chi connectivity index (χ4n) is 4.00. The Labute approximate surface area is 169 Å². The smallest absolute Gasteiger partial charge is 0.297 e. The van der Waals surface area contributed by atoms with Gasteiger partial charge < -0.3 is 0 Å². The topological polar surface area (TPSA) is 49.3 Å². The normalized spacial score (nSPS) is 20.7. The molecular formula is C18H28ClF3N5O+. The molecule has 0 N–H and O–H groups in total. The van der Waals surface area contributed by atoms with Gasteiger partial charge in [-0.15, -0.1) is 12.4 Å². The Kier molecular flexibility index (Phi) is 7.27. The van der Waals surface area contributed by atoms with Crippen LogP contribution in [0.4, 0.5) is 23.7 Å². The second kappa shape index (κ2) is 8.92. The van der Waals surface area contributed by atoms with Crippen molar-refractivity contribution in [2.75, 3.05) is 39.3 Å². The number of amides is 2. The van der Waals surface area contributed by atoms with E-state index in [0.717, 1.165) is 32.4 Å². The molecule has 3 heterocycles. The zero-order valence-electron chi connectivity index (χ0n) is 16.3. The maximum Gasteiger partial charge on any atom is 0.451 e. The summed E-state index contributed by atoms with van der Waals surface area (Å²) in [4.78, 5) is 24.6. The average Bonchev–Trinajstić information content (AvgIpc) is 2.67. The van der Waals surface area contributed by atoms with Crippen molar-refractivity contribution in [1.82, 2.24) is 24.3 Å². The van der Waals surface area contributed by atoms with E-state index in [1.165, 1.54) is 12.4 Å². The highest BCUT2D eigenvalue weighted by atomic mass is 35.5. The summed E-state index contributed by atoms with van der Waals surface area (Å²) >= 11 is 0. The first-order valence-corrected chi connectivity index (χ1v) is 9.54. The van der Waals surface area contributed by atoms with Crippen molar-refractivity contribution >= 4 is 24.1 Å². The molecule has 2 amide bonds. The molecule has 2 aliphatic rings. The van der Waals surface area contributed by atoms with Crippen molar-refractivity contribution in [1.29, 1.82) is 0 Å². The highest BCUT2D eigenvalue weighted by Crippen LogP contribution is 2.32. The van der Waals surface area contributed by atoms with Crippen molar-refractivity contribution in [3.8, 4) is 0 Å². The van der Waals surface area contributed by atoms with Crippen LogP contribution in [0, 0.1) is 0 Å². The van der Waals surface area contributed by atoms with Crippen LogP contribution in [0.3, 0.4) is 0 Å². The second-order valence-corrected chi connectivity index (χ2v) is 7.64. The third-order valence-corrected chi connectivity index (χ3v) is 5.65. The number of likely N-dealkylation sites (tertiary alicyclic amines) is 1. The number of alkyl halides is 3. The molecule has 28 heavy (non-hydrogen) atoms. The van der Waals surface area contributed by atoms with Gasteiger partial charge in [0.2, 0.25) is 5.82 Å². The van der Waals surface area contributed by atoms with Crippen molar-refractivity contribution in [3.63, 3.8) is 0 Å². The summed E-state index contributed by atoms with van der Waals surface area (Å²) in [6, 6.07) is 0.394. The molecule has 6 nitrogen and oxygen atoms in total. The summed E-state index contributed by atoms with van der Waals surface area (Å²) in [6.45, 7) is 8.33. The lowest BCUT2D eigenvalue weighted by Gasteiger charge is -2.43. The highest BCUT2D eigenvalue weighted by Gasteiger charge is 2.45. The Morgan fingerprint density at radius 2 is 1.57 bits per heavy atom. The van der Waals surface area contributed by atoms with Gasteiger partial charge >= 0.3 is 12.2 Å². The van der Waals surface area contributed by atoms with Crippen LogP contribution >= 0.6 is 12.4 Å². The number of hydrogen-bond acceptors (Lipinski definition) is 4. The minimum atomic E-state index is -4.58. The predicted molar refractivity (Wildman–Crippen MR) is 103 cm³/mol. The van der Waals surface area contributed by atoms with E-state index in [9.17, 15) is 18.0 Å². The predicted octanol–water partition coefficient (Wildman–Crippen LogP) is 3.55. The molecule has 1 aromatic rings. The monoisotopic (exact) mass is 422 g/mol. The highest BCUT2D eigenvalue weighted by molar-refractivity contribution is 5.87. The van der Waals surface area contributed by atoms with E-state index in [1.54, 1.807) is 0 Å². The summed E-state index contributed by atoms with van der Waals surface area (Å²) in [5.74, 6) is -1.17. The molecule has 0 saturated carbocycles. The van der Waals surface area contributed by atoms with Gasteiger partial charge in [-0.2, -0.15) is 13.2 Å². The molecule has 2 fully saturated rings. The summed E-state index contributed by atoms with van der Waals surface area (Å²) in [7, 11) is 0. The Hall–Kier alpha value is -1.45. The van der Waals surface area contributed by atoms with Gasteiger partial charge in [-0.05, 0) is 33.1 Å². The molecule has 1 aromatic heterocycles. The Morgan fingerprint density at radius 1 is 1.04 bits per heavy atom. The molecule has 0 aromatic carbocycles. The van der Waals surface area contributed by atoms with Crippen molar-refractivity contribution in [3.05, 3.63) is 18.2 Å². The molecule has 3 rings (SSSR count). The van der Waals surface area contributed by atoms with Gasteiger partial charge in [0.15, 0.2) is 5.69 Å². The van der Waals surface area contributed by atoms with E-state index in [4.69, 9.17) is 0 Å². The first-order chi connectivity index (χ1) is 12.7.